The third kappa shape index (κ3) is 1.64. The van der Waals surface area contributed by atoms with Crippen LogP contribution in [0.15, 0.2) is 22.8 Å². The zero-order valence-electron chi connectivity index (χ0n) is 11.2. The molecule has 0 aromatic carbocycles. The maximum absolute atomic E-state index is 11.7. The number of carbonyl (C=O) groups excluding carboxylic acids is 1. The van der Waals surface area contributed by atoms with E-state index >= 15 is 0 Å². The fraction of sp³-hybridized carbons (Fsp3) is 0.667. The van der Waals surface area contributed by atoms with E-state index in [9.17, 15) is 9.90 Å². The first-order chi connectivity index (χ1) is 8.39. The smallest absolute Gasteiger partial charge is 0.338 e. The van der Waals surface area contributed by atoms with E-state index in [0.717, 1.165) is 18.4 Å². The molecule has 3 aliphatic rings. The van der Waals surface area contributed by atoms with Crippen molar-refractivity contribution in [2.45, 2.75) is 39.7 Å². The number of fused-ring (bicyclic) bond motifs is 1. The van der Waals surface area contributed by atoms with Gasteiger partial charge in [-0.25, -0.2) is 4.79 Å². The second kappa shape index (κ2) is 3.70. The summed E-state index contributed by atoms with van der Waals surface area (Å²) < 4.78 is 5.06. The van der Waals surface area contributed by atoms with Gasteiger partial charge in [0.15, 0.2) is 0 Å². The Morgan fingerprint density at radius 2 is 2.17 bits per heavy atom. The van der Waals surface area contributed by atoms with E-state index in [1.807, 2.05) is 6.08 Å². The molecule has 1 fully saturated rings. The van der Waals surface area contributed by atoms with E-state index in [4.69, 9.17) is 4.74 Å². The van der Waals surface area contributed by atoms with Gasteiger partial charge >= 0.3 is 5.97 Å². The van der Waals surface area contributed by atoms with Crippen LogP contribution >= 0.6 is 0 Å². The third-order valence-electron chi connectivity index (χ3n) is 4.68. The molecule has 2 aliphatic carbocycles. The van der Waals surface area contributed by atoms with Crippen LogP contribution in [0.5, 0.6) is 0 Å². The lowest BCUT2D eigenvalue weighted by atomic mass is 9.82. The SMILES string of the molecule is C[C@H]1[C@@H](O)C2=C(C=C3CC(C)(C)C[C@@H]31)C(=O)OC2. The highest BCUT2D eigenvalue weighted by Crippen LogP contribution is 2.51. The molecule has 3 heteroatoms. The molecule has 0 unspecified atom stereocenters. The minimum absolute atomic E-state index is 0.167. The Morgan fingerprint density at radius 3 is 2.89 bits per heavy atom. The molecule has 0 spiro atoms. The van der Waals surface area contributed by atoms with Gasteiger partial charge in [0.1, 0.15) is 6.61 Å². The summed E-state index contributed by atoms with van der Waals surface area (Å²) in [7, 11) is 0. The van der Waals surface area contributed by atoms with Gasteiger partial charge in [-0.2, -0.15) is 0 Å². The Balaban J connectivity index is 2.07. The zero-order valence-corrected chi connectivity index (χ0v) is 11.2. The number of hydrogen-bond acceptors (Lipinski definition) is 3. The van der Waals surface area contributed by atoms with E-state index in [0.29, 0.717) is 11.5 Å². The summed E-state index contributed by atoms with van der Waals surface area (Å²) in [4.78, 5) is 11.7. The molecule has 1 N–H and O–H groups in total. The van der Waals surface area contributed by atoms with E-state index in [1.54, 1.807) is 0 Å². The maximum Gasteiger partial charge on any atom is 0.338 e. The Labute approximate surface area is 108 Å². The summed E-state index contributed by atoms with van der Waals surface area (Å²) in [6.07, 6.45) is 3.56. The second-order valence-corrected chi connectivity index (χ2v) is 6.69. The van der Waals surface area contributed by atoms with Crippen LogP contribution in [0, 0.1) is 17.3 Å². The van der Waals surface area contributed by atoms with Gasteiger partial charge in [-0.15, -0.1) is 0 Å². The molecule has 0 saturated heterocycles. The van der Waals surface area contributed by atoms with Gasteiger partial charge in [-0.05, 0) is 36.2 Å². The van der Waals surface area contributed by atoms with Crippen LogP contribution in [0.1, 0.15) is 33.6 Å². The summed E-state index contributed by atoms with van der Waals surface area (Å²) >= 11 is 0. The van der Waals surface area contributed by atoms with Crippen molar-refractivity contribution in [1.82, 2.24) is 0 Å². The van der Waals surface area contributed by atoms with Crippen molar-refractivity contribution in [2.24, 2.45) is 17.3 Å². The van der Waals surface area contributed by atoms with Crippen LogP contribution in [0.2, 0.25) is 0 Å². The lowest BCUT2D eigenvalue weighted by molar-refractivity contribution is -0.135. The fourth-order valence-corrected chi connectivity index (χ4v) is 3.71. The molecule has 1 saturated carbocycles. The first kappa shape index (κ1) is 12.0. The first-order valence-electron chi connectivity index (χ1n) is 6.68. The first-order valence-corrected chi connectivity index (χ1v) is 6.68. The van der Waals surface area contributed by atoms with E-state index in [1.165, 1.54) is 5.57 Å². The minimum Gasteiger partial charge on any atom is -0.457 e. The number of allylic oxidation sites excluding steroid dienone is 1. The summed E-state index contributed by atoms with van der Waals surface area (Å²) in [5.41, 5.74) is 2.98. The van der Waals surface area contributed by atoms with E-state index in [-0.39, 0.29) is 23.9 Å². The van der Waals surface area contributed by atoms with Crippen LogP contribution in [0.4, 0.5) is 0 Å². The lowest BCUT2D eigenvalue weighted by Gasteiger charge is -2.26. The van der Waals surface area contributed by atoms with Crippen molar-refractivity contribution >= 4 is 5.97 Å². The Morgan fingerprint density at radius 1 is 1.44 bits per heavy atom. The Kier molecular flexibility index (Phi) is 2.46. The number of carbonyl (C=O) groups is 1. The molecule has 3 rings (SSSR count). The molecule has 1 aliphatic heterocycles. The molecule has 3 atom stereocenters. The van der Waals surface area contributed by atoms with E-state index in [2.05, 4.69) is 20.8 Å². The third-order valence-corrected chi connectivity index (χ3v) is 4.68. The summed E-state index contributed by atoms with van der Waals surface area (Å²) in [5, 5.41) is 10.4. The van der Waals surface area contributed by atoms with Crippen LogP contribution in [0.3, 0.4) is 0 Å². The van der Waals surface area contributed by atoms with Crippen molar-refractivity contribution < 1.29 is 14.6 Å². The Hall–Kier alpha value is -1.09. The van der Waals surface area contributed by atoms with Crippen molar-refractivity contribution in [2.75, 3.05) is 6.61 Å². The van der Waals surface area contributed by atoms with Crippen molar-refractivity contribution in [3.63, 3.8) is 0 Å². The maximum atomic E-state index is 11.7. The van der Waals surface area contributed by atoms with Crippen LogP contribution < -0.4 is 0 Å². The average molecular weight is 248 g/mol. The molecule has 0 radical (unpaired) electrons. The molecule has 1 heterocycles. The van der Waals surface area contributed by atoms with Crippen molar-refractivity contribution in [3.05, 3.63) is 22.8 Å². The van der Waals surface area contributed by atoms with E-state index < -0.39 is 6.10 Å². The van der Waals surface area contributed by atoms with Gasteiger partial charge in [0.05, 0.1) is 11.7 Å². The highest BCUT2D eigenvalue weighted by molar-refractivity contribution is 5.95. The van der Waals surface area contributed by atoms with Crippen molar-refractivity contribution in [3.8, 4) is 0 Å². The number of cyclic esters (lactones) is 1. The molecule has 3 nitrogen and oxygen atoms in total. The van der Waals surface area contributed by atoms with Crippen molar-refractivity contribution in [1.29, 1.82) is 0 Å². The van der Waals surface area contributed by atoms with Gasteiger partial charge in [0.2, 0.25) is 0 Å². The quantitative estimate of drug-likeness (QED) is 0.669. The lowest BCUT2D eigenvalue weighted by Crippen LogP contribution is -2.27. The predicted octanol–water partition coefficient (Wildman–Crippen LogP) is 2.21. The predicted molar refractivity (Wildman–Crippen MR) is 67.7 cm³/mol. The summed E-state index contributed by atoms with van der Waals surface area (Å²) in [5.74, 6) is 0.294. The molecule has 0 aromatic rings. The standard InChI is InChI=1S/C15H20O3/c1-8-11-6-15(2,3)5-9(11)4-10-12(13(8)16)7-18-14(10)17/h4,8,11,13,16H,5-7H2,1-3H3/t8-,11-,13-/m1/s1. The highest BCUT2D eigenvalue weighted by atomic mass is 16.5. The fourth-order valence-electron chi connectivity index (χ4n) is 3.71. The monoisotopic (exact) mass is 248 g/mol. The molecule has 0 aromatic heterocycles. The number of ether oxygens (including phenoxy) is 1. The Bertz CT molecular complexity index is 470. The number of rotatable bonds is 0. The molecule has 0 amide bonds. The number of hydrogen-bond donors (Lipinski definition) is 1. The largest absolute Gasteiger partial charge is 0.457 e. The summed E-state index contributed by atoms with van der Waals surface area (Å²) in [6, 6.07) is 0. The van der Waals surface area contributed by atoms with Gasteiger partial charge in [0.25, 0.3) is 0 Å². The van der Waals surface area contributed by atoms with Gasteiger partial charge in [0, 0.05) is 5.57 Å². The number of aliphatic hydroxyl groups excluding tert-OH is 1. The minimum atomic E-state index is -0.543. The normalized spacial score (nSPS) is 37.9. The van der Waals surface area contributed by atoms with Gasteiger partial charge in [-0.3, -0.25) is 0 Å². The van der Waals surface area contributed by atoms with Gasteiger partial charge in [-0.1, -0.05) is 26.3 Å². The van der Waals surface area contributed by atoms with Gasteiger partial charge < -0.3 is 9.84 Å². The zero-order chi connectivity index (χ0) is 13.1. The molecule has 18 heavy (non-hydrogen) atoms. The van der Waals surface area contributed by atoms with Crippen LogP contribution in [-0.4, -0.2) is 23.8 Å². The van der Waals surface area contributed by atoms with Crippen LogP contribution in [0.25, 0.3) is 0 Å². The molecular formula is C15H20O3. The van der Waals surface area contributed by atoms with Crippen LogP contribution in [-0.2, 0) is 9.53 Å². The number of aliphatic hydroxyl groups is 1. The molecule has 0 bridgehead atoms. The second-order valence-electron chi connectivity index (χ2n) is 6.69. The summed E-state index contributed by atoms with van der Waals surface area (Å²) in [6.45, 7) is 6.86. The topological polar surface area (TPSA) is 46.5 Å². The average Bonchev–Trinajstić information content (AvgIpc) is 2.76. The molecular weight excluding hydrogens is 228 g/mol. The highest BCUT2D eigenvalue weighted by Gasteiger charge is 2.44. The molecule has 98 valence electrons. The number of esters is 1.